The fourth-order valence-electron chi connectivity index (χ4n) is 13.1. The van der Waals surface area contributed by atoms with Crippen LogP contribution < -0.4 is 30.5 Å². The first-order valence-electron chi connectivity index (χ1n) is 31.5. The molecule has 4 aliphatic rings. The van der Waals surface area contributed by atoms with Gasteiger partial charge in [-0.05, 0) is 117 Å². The van der Waals surface area contributed by atoms with E-state index in [9.17, 15) is 37.5 Å². The van der Waals surface area contributed by atoms with Crippen molar-refractivity contribution in [2.45, 2.75) is 142 Å². The van der Waals surface area contributed by atoms with Crippen LogP contribution in [0.1, 0.15) is 134 Å². The number of fused-ring (bicyclic) bond motifs is 2. The summed E-state index contributed by atoms with van der Waals surface area (Å²) < 4.78 is 33.7. The largest absolute Gasteiger partial charge is 0.391 e. The number of hydrogen-bond acceptors (Lipinski definition) is 18. The number of nitrogens with one attached hydrogen (secondary N) is 4. The SMILES string of the molecule is Cc1ncsc1-c1ccc([C@H](C)NC(=O)[C@@H]2C[C@@H](O)CN2C(=O)[C@@H](NC(=O)C2CCN(c3ncc(S(=O)(=O)NC(=O)c4nc(N5CCc6cccc(C(=O)Nc7nc8ccccc8s7)c6C5)ccc4-c4cnn(CC5CCCCC5)c4C)cn3)CC2)C(C)(C)C)cc1. The van der Waals surface area contributed by atoms with Crippen LogP contribution in [0.5, 0.6) is 0 Å². The highest BCUT2D eigenvalue weighted by molar-refractivity contribution is 7.90. The zero-order chi connectivity index (χ0) is 64.6. The first kappa shape index (κ1) is 63.6. The van der Waals surface area contributed by atoms with Crippen molar-refractivity contribution in [1.29, 1.82) is 0 Å². The van der Waals surface area contributed by atoms with E-state index in [2.05, 4.69) is 40.6 Å². The van der Waals surface area contributed by atoms with Crippen LogP contribution in [0.4, 0.5) is 16.9 Å². The third-order valence-electron chi connectivity index (χ3n) is 18.3. The normalized spacial score (nSPS) is 18.1. The summed E-state index contributed by atoms with van der Waals surface area (Å²) in [6.07, 6.45) is 10.2. The number of sulfonamides is 1. The average molecular weight is 1300 g/mol. The number of β-amino-alcohol motifs (C(OH)–C–C–N with tert-alkyl or cyclic N) is 1. The monoisotopic (exact) mass is 1300 g/mol. The summed E-state index contributed by atoms with van der Waals surface area (Å²) in [6, 6.07) is 22.5. The Morgan fingerprint density at radius 3 is 2.25 bits per heavy atom. The Morgan fingerprint density at radius 1 is 0.783 bits per heavy atom. The van der Waals surface area contributed by atoms with Gasteiger partial charge in [-0.15, -0.1) is 11.3 Å². The molecule has 3 aromatic carbocycles. The van der Waals surface area contributed by atoms with Crippen LogP contribution in [0.25, 0.3) is 31.8 Å². The fourth-order valence-corrected chi connectivity index (χ4v) is 15.6. The molecule has 0 bridgehead atoms. The Bertz CT molecular complexity index is 4160. The second kappa shape index (κ2) is 26.6. The van der Waals surface area contributed by atoms with Crippen LogP contribution in [-0.4, -0.2) is 127 Å². The van der Waals surface area contributed by atoms with Gasteiger partial charge < -0.3 is 30.4 Å². The number of aryl methyl sites for hydroxylation is 1. The predicted molar refractivity (Wildman–Crippen MR) is 354 cm³/mol. The average Bonchev–Trinajstić information content (AvgIpc) is 1.36. The maximum Gasteiger partial charge on any atom is 0.284 e. The molecular formula is C67H76N14O8S3. The molecule has 5 amide bonds. The van der Waals surface area contributed by atoms with Gasteiger partial charge in [-0.25, -0.2) is 38.1 Å². The molecule has 0 unspecified atom stereocenters. The third kappa shape index (κ3) is 13.7. The molecule has 8 aromatic rings. The highest BCUT2D eigenvalue weighted by Gasteiger charge is 2.45. The first-order chi connectivity index (χ1) is 44.1. The number of aliphatic hydroxyl groups excluding tert-OH is 1. The lowest BCUT2D eigenvalue weighted by Gasteiger charge is -2.37. The van der Waals surface area contributed by atoms with Gasteiger partial charge in [0.25, 0.3) is 21.8 Å². The number of carbonyl (C=O) groups excluding carboxylic acids is 5. The molecule has 92 heavy (non-hydrogen) atoms. The molecule has 0 radical (unpaired) electrons. The second-order valence-corrected chi connectivity index (χ2v) is 29.3. The molecule has 22 nitrogen and oxygen atoms in total. The molecule has 1 saturated carbocycles. The number of rotatable bonds is 17. The fraction of sp³-hybridized carbons (Fsp3) is 0.418. The molecule has 5 aromatic heterocycles. The first-order valence-corrected chi connectivity index (χ1v) is 34.6. The van der Waals surface area contributed by atoms with Gasteiger partial charge in [-0.1, -0.05) is 99.9 Å². The van der Waals surface area contributed by atoms with Gasteiger partial charge in [0.1, 0.15) is 28.5 Å². The van der Waals surface area contributed by atoms with Crippen LogP contribution in [0, 0.1) is 31.1 Å². The minimum absolute atomic E-state index is 0.0527. The van der Waals surface area contributed by atoms with Gasteiger partial charge in [0, 0.05) is 74.0 Å². The number of likely N-dealkylation sites (tertiary alicyclic amines) is 1. The molecule has 3 fully saturated rings. The number of carbonyl (C=O) groups is 5. The Morgan fingerprint density at radius 2 is 1.53 bits per heavy atom. The molecule has 0 spiro atoms. The molecular weight excluding hydrogens is 1230 g/mol. The van der Waals surface area contributed by atoms with E-state index >= 15 is 0 Å². The van der Waals surface area contributed by atoms with Crippen molar-refractivity contribution in [3.8, 4) is 21.6 Å². The Kier molecular flexibility index (Phi) is 18.4. The quantitative estimate of drug-likeness (QED) is 0.0568. The Labute approximate surface area is 542 Å². The van der Waals surface area contributed by atoms with E-state index in [1.165, 1.54) is 35.5 Å². The van der Waals surface area contributed by atoms with Crippen molar-refractivity contribution >= 4 is 89.3 Å². The van der Waals surface area contributed by atoms with E-state index in [1.807, 2.05) is 123 Å². The molecule has 480 valence electrons. The number of thiazole rings is 2. The smallest absolute Gasteiger partial charge is 0.284 e. The van der Waals surface area contributed by atoms with E-state index < -0.39 is 63.3 Å². The molecule has 1 aliphatic carbocycles. The zero-order valence-electron chi connectivity index (χ0n) is 52.4. The van der Waals surface area contributed by atoms with E-state index in [4.69, 9.17) is 10.1 Å². The van der Waals surface area contributed by atoms with Gasteiger partial charge in [0.2, 0.25) is 23.7 Å². The summed E-state index contributed by atoms with van der Waals surface area (Å²) in [5.41, 5.74) is 8.70. The Balaban J connectivity index is 0.702. The Hall–Kier alpha value is -8.52. The van der Waals surface area contributed by atoms with Gasteiger partial charge in [0.05, 0.1) is 57.0 Å². The number of piperidine rings is 1. The number of hydrogen-bond donors (Lipinski definition) is 5. The van der Waals surface area contributed by atoms with Gasteiger partial charge in [-0.2, -0.15) is 5.10 Å². The van der Waals surface area contributed by atoms with Crippen LogP contribution in [0.2, 0.25) is 0 Å². The number of aromatic nitrogens is 7. The van der Waals surface area contributed by atoms with Crippen molar-refractivity contribution in [2.75, 3.05) is 41.3 Å². The number of aliphatic hydroxyl groups is 1. The topological polar surface area (TPSA) is 280 Å². The number of nitrogens with zero attached hydrogens (tertiary/aromatic N) is 10. The van der Waals surface area contributed by atoms with Crippen molar-refractivity contribution in [2.24, 2.45) is 17.3 Å². The van der Waals surface area contributed by atoms with Crippen molar-refractivity contribution in [1.82, 2.24) is 55.0 Å². The number of para-hydroxylation sites is 1. The minimum Gasteiger partial charge on any atom is -0.391 e. The summed E-state index contributed by atoms with van der Waals surface area (Å²) in [5, 5.41) is 25.2. The van der Waals surface area contributed by atoms with Crippen LogP contribution >= 0.6 is 22.7 Å². The summed E-state index contributed by atoms with van der Waals surface area (Å²) in [4.78, 5) is 99.9. The molecule has 8 heterocycles. The summed E-state index contributed by atoms with van der Waals surface area (Å²) in [6.45, 7) is 13.4. The number of amides is 5. The molecule has 25 heteroatoms. The van der Waals surface area contributed by atoms with Crippen molar-refractivity contribution in [3.05, 3.63) is 142 Å². The van der Waals surface area contributed by atoms with E-state index in [-0.39, 0.29) is 47.9 Å². The number of anilines is 3. The summed E-state index contributed by atoms with van der Waals surface area (Å²) in [7, 11) is -4.59. The minimum atomic E-state index is -4.59. The predicted octanol–water partition coefficient (Wildman–Crippen LogP) is 9.19. The third-order valence-corrected chi connectivity index (χ3v) is 21.6. The standard InChI is InChI=1S/C67H76N14O8S3/c1-39(43-19-21-45(22-20-43)58-40(2)70-38-90-58)72-62(85)54-31-47(82)36-80(54)64(87)59(67(4,5)6)75-60(83)46-26-28-78(29-27-46)65-68-32-48(33-69-65)92(88,89)77-63(86)57-49(51-34-71-81(41(51)3)35-42-13-8-7-9-14-42)23-24-56(74-57)79-30-25-44-15-12-16-50(52(44)37-79)61(84)76-66-73-53-17-10-11-18-55(53)91-66/h10-12,15-24,32-34,38-39,42,46-47,54,59,82H,7-9,13-14,25-31,35-37H2,1-6H3,(H,72,85)(H,75,83)(H,77,86)(H,73,76,84)/t39-,47+,54-,59+/m0/s1. The zero-order valence-corrected chi connectivity index (χ0v) is 54.8. The van der Waals surface area contributed by atoms with Crippen molar-refractivity contribution < 1.29 is 37.5 Å². The maximum atomic E-state index is 14.7. The molecule has 12 rings (SSSR count). The molecule has 2 saturated heterocycles. The summed E-state index contributed by atoms with van der Waals surface area (Å²) >= 11 is 2.95. The second-order valence-electron chi connectivity index (χ2n) is 25.7. The van der Waals surface area contributed by atoms with Gasteiger partial charge >= 0.3 is 0 Å². The van der Waals surface area contributed by atoms with Gasteiger partial charge in [0.15, 0.2) is 5.13 Å². The molecule has 5 N–H and O–H groups in total. The lowest BCUT2D eigenvalue weighted by Crippen LogP contribution is -2.59. The van der Waals surface area contributed by atoms with Crippen LogP contribution in [0.15, 0.2) is 108 Å². The maximum absolute atomic E-state index is 14.7. The highest BCUT2D eigenvalue weighted by atomic mass is 32.2. The van der Waals surface area contributed by atoms with E-state index in [1.54, 1.807) is 35.2 Å². The lowest BCUT2D eigenvalue weighted by atomic mass is 9.84. The number of pyridine rings is 1. The van der Waals surface area contributed by atoms with E-state index in [0.717, 1.165) is 80.5 Å². The lowest BCUT2D eigenvalue weighted by molar-refractivity contribution is -0.144. The van der Waals surface area contributed by atoms with Crippen molar-refractivity contribution in [3.63, 3.8) is 0 Å². The van der Waals surface area contributed by atoms with Gasteiger partial charge in [-0.3, -0.25) is 34.0 Å². The molecule has 3 aliphatic heterocycles. The van der Waals surface area contributed by atoms with Crippen LogP contribution in [0.3, 0.4) is 0 Å². The highest BCUT2D eigenvalue weighted by Crippen LogP contribution is 2.36. The van der Waals surface area contributed by atoms with Crippen LogP contribution in [-0.2, 0) is 43.9 Å². The summed E-state index contributed by atoms with van der Waals surface area (Å²) in [5.74, 6) is -1.84. The van der Waals surface area contributed by atoms with E-state index in [0.29, 0.717) is 72.5 Å². The molecule has 4 atom stereocenters. The number of benzene rings is 3.